The maximum absolute atomic E-state index is 6.26. The Hall–Kier alpha value is -8.61. The van der Waals surface area contributed by atoms with E-state index in [1.54, 1.807) is 0 Å². The van der Waals surface area contributed by atoms with Gasteiger partial charge in [0.15, 0.2) is 11.6 Å². The molecule has 0 saturated heterocycles. The molecule has 0 saturated carbocycles. The fourth-order valence-electron chi connectivity index (χ4n) is 9.44. The first-order chi connectivity index (χ1) is 31.2. The zero-order valence-corrected chi connectivity index (χ0v) is 33.9. The smallest absolute Gasteiger partial charge is 0.238 e. The highest BCUT2D eigenvalue weighted by Gasteiger charge is 2.20. The lowest BCUT2D eigenvalue weighted by atomic mass is 9.98. The van der Waals surface area contributed by atoms with Gasteiger partial charge in [-0.25, -0.2) is 4.98 Å². The third kappa shape index (κ3) is 5.69. The van der Waals surface area contributed by atoms with Gasteiger partial charge >= 0.3 is 0 Å². The van der Waals surface area contributed by atoms with Gasteiger partial charge in [0, 0.05) is 49.1 Å². The van der Waals surface area contributed by atoms with Crippen LogP contribution in [-0.4, -0.2) is 24.1 Å². The Bertz CT molecular complexity index is 3880. The molecule has 9 aromatic carbocycles. The standard InChI is InChI=1S/C57H35N5O/c1-2-14-36(15-3-1)55-58-56(60-57(59-55)62-50-25-9-5-20-43(50)44-21-6-10-26-51(44)62)41-29-30-46-45-22-4-8-24-49(45)61(52(46)34-41)42-19-13-18-39(33-42)37-16-12-17-38(32-37)40-28-31-48-47-23-7-11-27-53(47)63-54(48)35-40/h1-35H. The molecular weight excluding hydrogens is 771 g/mol. The summed E-state index contributed by atoms with van der Waals surface area (Å²) in [5.41, 5.74) is 13.5. The number of hydrogen-bond donors (Lipinski definition) is 0. The number of benzene rings is 9. The summed E-state index contributed by atoms with van der Waals surface area (Å²) in [6, 6.07) is 74.6. The van der Waals surface area contributed by atoms with E-state index in [9.17, 15) is 0 Å². The Kier molecular flexibility index (Phi) is 7.80. The Morgan fingerprint density at radius 3 is 1.49 bits per heavy atom. The number of fused-ring (bicyclic) bond motifs is 9. The van der Waals surface area contributed by atoms with Gasteiger partial charge in [-0.1, -0.05) is 152 Å². The van der Waals surface area contributed by atoms with Crippen LogP contribution in [0.15, 0.2) is 217 Å². The molecule has 63 heavy (non-hydrogen) atoms. The fourth-order valence-corrected chi connectivity index (χ4v) is 9.44. The summed E-state index contributed by atoms with van der Waals surface area (Å²) in [7, 11) is 0. The second-order valence-corrected chi connectivity index (χ2v) is 16.0. The van der Waals surface area contributed by atoms with Crippen LogP contribution in [0.4, 0.5) is 0 Å². The first-order valence-corrected chi connectivity index (χ1v) is 21.2. The normalized spacial score (nSPS) is 11.8. The topological polar surface area (TPSA) is 61.7 Å². The minimum absolute atomic E-state index is 0.573. The van der Waals surface area contributed by atoms with Gasteiger partial charge in [0.25, 0.3) is 0 Å². The molecule has 6 nitrogen and oxygen atoms in total. The van der Waals surface area contributed by atoms with Crippen molar-refractivity contribution in [3.63, 3.8) is 0 Å². The van der Waals surface area contributed by atoms with Crippen LogP contribution in [0.5, 0.6) is 0 Å². The summed E-state index contributed by atoms with van der Waals surface area (Å²) in [6.45, 7) is 0. The van der Waals surface area contributed by atoms with E-state index < -0.39 is 0 Å². The van der Waals surface area contributed by atoms with Crippen LogP contribution in [0.25, 0.3) is 122 Å². The molecule has 0 atom stereocenters. The molecule has 0 N–H and O–H groups in total. The van der Waals surface area contributed by atoms with Crippen molar-refractivity contribution in [2.75, 3.05) is 0 Å². The van der Waals surface area contributed by atoms with Crippen LogP contribution in [0.2, 0.25) is 0 Å². The highest BCUT2D eigenvalue weighted by Crippen LogP contribution is 2.38. The van der Waals surface area contributed by atoms with Gasteiger partial charge in [0.05, 0.1) is 22.1 Å². The second-order valence-electron chi connectivity index (χ2n) is 16.0. The maximum Gasteiger partial charge on any atom is 0.238 e. The Morgan fingerprint density at radius 2 is 0.778 bits per heavy atom. The average Bonchev–Trinajstić information content (AvgIpc) is 4.01. The number of furan rings is 1. The minimum atomic E-state index is 0.573. The monoisotopic (exact) mass is 805 g/mol. The fraction of sp³-hybridized carbons (Fsp3) is 0. The first-order valence-electron chi connectivity index (χ1n) is 21.2. The van der Waals surface area contributed by atoms with Crippen molar-refractivity contribution >= 4 is 65.6 Å². The summed E-state index contributed by atoms with van der Waals surface area (Å²) >= 11 is 0. The highest BCUT2D eigenvalue weighted by atomic mass is 16.3. The van der Waals surface area contributed by atoms with Gasteiger partial charge < -0.3 is 8.98 Å². The number of rotatable bonds is 6. The molecule has 0 unspecified atom stereocenters. The van der Waals surface area contributed by atoms with Crippen LogP contribution >= 0.6 is 0 Å². The lowest BCUT2D eigenvalue weighted by Gasteiger charge is -2.13. The van der Waals surface area contributed by atoms with Crippen LogP contribution in [0.1, 0.15) is 0 Å². The summed E-state index contributed by atoms with van der Waals surface area (Å²) < 4.78 is 10.8. The number of aromatic nitrogens is 5. The van der Waals surface area contributed by atoms with Crippen molar-refractivity contribution in [2.24, 2.45) is 0 Å². The molecule has 0 aliphatic rings. The van der Waals surface area contributed by atoms with Gasteiger partial charge in [-0.15, -0.1) is 0 Å². The predicted octanol–water partition coefficient (Wildman–Crippen LogP) is 14.6. The molecule has 0 bridgehead atoms. The highest BCUT2D eigenvalue weighted by molar-refractivity contribution is 6.11. The van der Waals surface area contributed by atoms with Crippen LogP contribution in [0.3, 0.4) is 0 Å². The molecule has 0 amide bonds. The average molecular weight is 806 g/mol. The van der Waals surface area contributed by atoms with E-state index in [0.29, 0.717) is 17.6 Å². The molecule has 4 heterocycles. The zero-order chi connectivity index (χ0) is 41.4. The van der Waals surface area contributed by atoms with Gasteiger partial charge in [-0.05, 0) is 82.9 Å². The van der Waals surface area contributed by atoms with E-state index in [0.717, 1.165) is 99.2 Å². The molecule has 4 aromatic heterocycles. The molecule has 13 rings (SSSR count). The summed E-state index contributed by atoms with van der Waals surface area (Å²) in [4.78, 5) is 15.6. The van der Waals surface area contributed by atoms with Crippen molar-refractivity contribution in [1.82, 2.24) is 24.1 Å². The zero-order valence-electron chi connectivity index (χ0n) is 33.9. The van der Waals surface area contributed by atoms with E-state index in [4.69, 9.17) is 19.4 Å². The third-order valence-corrected chi connectivity index (χ3v) is 12.4. The van der Waals surface area contributed by atoms with Gasteiger partial charge in [-0.3, -0.25) is 4.57 Å². The first kappa shape index (κ1) is 35.2. The summed E-state index contributed by atoms with van der Waals surface area (Å²) in [5.74, 6) is 1.79. The van der Waals surface area contributed by atoms with Crippen molar-refractivity contribution in [2.45, 2.75) is 0 Å². The minimum Gasteiger partial charge on any atom is -0.456 e. The number of para-hydroxylation sites is 4. The van der Waals surface area contributed by atoms with Gasteiger partial charge in [0.2, 0.25) is 5.95 Å². The van der Waals surface area contributed by atoms with Crippen molar-refractivity contribution in [3.05, 3.63) is 212 Å². The summed E-state index contributed by atoms with van der Waals surface area (Å²) in [5, 5.41) is 6.90. The van der Waals surface area contributed by atoms with E-state index in [1.807, 2.05) is 30.3 Å². The largest absolute Gasteiger partial charge is 0.456 e. The molecule has 0 fully saturated rings. The SMILES string of the molecule is c1ccc(-c2nc(-c3ccc4c5ccccc5n(-c5cccc(-c6cccc(-c7ccc8c(c7)oc7ccccc78)c6)c5)c4c3)nc(-n3c4ccccc4c4ccccc43)n2)cc1. The predicted molar refractivity (Wildman–Crippen MR) is 258 cm³/mol. The van der Waals surface area contributed by atoms with Crippen LogP contribution < -0.4 is 0 Å². The van der Waals surface area contributed by atoms with E-state index in [-0.39, 0.29) is 0 Å². The number of nitrogens with zero attached hydrogens (tertiary/aromatic N) is 5. The lowest BCUT2D eigenvalue weighted by molar-refractivity contribution is 0.669. The Balaban J connectivity index is 0.958. The van der Waals surface area contributed by atoms with Crippen molar-refractivity contribution < 1.29 is 4.42 Å². The molecule has 0 aliphatic heterocycles. The Labute approximate surface area is 361 Å². The van der Waals surface area contributed by atoms with Crippen molar-refractivity contribution in [3.8, 4) is 56.7 Å². The Morgan fingerprint density at radius 1 is 0.286 bits per heavy atom. The molecule has 294 valence electrons. The molecule has 0 spiro atoms. The van der Waals surface area contributed by atoms with E-state index in [2.05, 4.69) is 191 Å². The molecule has 13 aromatic rings. The quantitative estimate of drug-likeness (QED) is 0.168. The van der Waals surface area contributed by atoms with E-state index in [1.165, 1.54) is 5.39 Å². The third-order valence-electron chi connectivity index (χ3n) is 12.4. The number of hydrogen-bond acceptors (Lipinski definition) is 4. The van der Waals surface area contributed by atoms with Crippen LogP contribution in [-0.2, 0) is 0 Å². The lowest BCUT2D eigenvalue weighted by Crippen LogP contribution is -2.06. The van der Waals surface area contributed by atoms with Crippen LogP contribution in [0, 0.1) is 0 Å². The van der Waals surface area contributed by atoms with E-state index >= 15 is 0 Å². The molecule has 6 heteroatoms. The van der Waals surface area contributed by atoms with Gasteiger partial charge in [0.1, 0.15) is 11.2 Å². The maximum atomic E-state index is 6.26. The molecule has 0 radical (unpaired) electrons. The molecular formula is C57H35N5O. The van der Waals surface area contributed by atoms with Gasteiger partial charge in [-0.2, -0.15) is 9.97 Å². The molecule has 0 aliphatic carbocycles. The second kappa shape index (κ2) is 14.0. The summed E-state index contributed by atoms with van der Waals surface area (Å²) in [6.07, 6.45) is 0. The van der Waals surface area contributed by atoms with Crippen molar-refractivity contribution in [1.29, 1.82) is 0 Å².